The highest BCUT2D eigenvalue weighted by Crippen LogP contribution is 2.24. The summed E-state index contributed by atoms with van der Waals surface area (Å²) < 4.78 is 29.6. The fourth-order valence-electron chi connectivity index (χ4n) is 3.97. The first-order valence-electron chi connectivity index (χ1n) is 11.1. The lowest BCUT2D eigenvalue weighted by molar-refractivity contribution is 0.382. The van der Waals surface area contributed by atoms with E-state index in [9.17, 15) is 8.42 Å². The number of aromatic nitrogens is 4. The highest BCUT2D eigenvalue weighted by Gasteiger charge is 2.31. The van der Waals surface area contributed by atoms with Crippen LogP contribution in [0.1, 0.15) is 37.0 Å². The van der Waals surface area contributed by atoms with Crippen molar-refractivity contribution in [3.63, 3.8) is 0 Å². The molecule has 1 N–H and O–H groups in total. The molecule has 0 spiro atoms. The minimum Gasteiger partial charge on any atom is -0.354 e. The van der Waals surface area contributed by atoms with E-state index in [2.05, 4.69) is 25.2 Å². The van der Waals surface area contributed by atoms with Gasteiger partial charge in [0.25, 0.3) is 10.0 Å². The Morgan fingerprint density at radius 2 is 1.64 bits per heavy atom. The molecule has 176 valence electrons. The number of anilines is 3. The molecule has 1 aromatic carbocycles. The molecule has 10 heteroatoms. The average molecular weight is 470 g/mol. The van der Waals surface area contributed by atoms with Gasteiger partial charge in [-0.3, -0.25) is 0 Å². The summed E-state index contributed by atoms with van der Waals surface area (Å²) in [6.07, 6.45) is 1.61. The molecule has 0 bridgehead atoms. The second kappa shape index (κ2) is 9.11. The van der Waals surface area contributed by atoms with Crippen LogP contribution in [0.5, 0.6) is 0 Å². The fourth-order valence-corrected chi connectivity index (χ4v) is 5.37. The molecule has 0 saturated carbocycles. The number of hydrogen-bond donors (Lipinski definition) is 1. The van der Waals surface area contributed by atoms with Crippen LogP contribution in [0.3, 0.4) is 0 Å². The van der Waals surface area contributed by atoms with Gasteiger partial charge in [-0.25, -0.2) is 23.4 Å². The smallest absolute Gasteiger partial charge is 0.262 e. The summed E-state index contributed by atoms with van der Waals surface area (Å²) in [6, 6.07) is 10.0. The van der Waals surface area contributed by atoms with Crippen LogP contribution in [-0.2, 0) is 17.1 Å². The van der Waals surface area contributed by atoms with Crippen molar-refractivity contribution in [3.8, 4) is 0 Å². The van der Waals surface area contributed by atoms with Gasteiger partial charge < -0.3 is 14.8 Å². The molecule has 33 heavy (non-hydrogen) atoms. The van der Waals surface area contributed by atoms with Crippen molar-refractivity contribution in [2.75, 3.05) is 36.4 Å². The Balaban J connectivity index is 1.47. The zero-order valence-corrected chi connectivity index (χ0v) is 20.6. The minimum absolute atomic E-state index is 0.115. The maximum absolute atomic E-state index is 13.1. The predicted molar refractivity (Wildman–Crippen MR) is 129 cm³/mol. The largest absolute Gasteiger partial charge is 0.354 e. The number of nitrogens with one attached hydrogen (secondary N) is 1. The van der Waals surface area contributed by atoms with Gasteiger partial charge in [0.1, 0.15) is 23.3 Å². The number of imidazole rings is 1. The highest BCUT2D eigenvalue weighted by molar-refractivity contribution is 7.89. The first-order chi connectivity index (χ1) is 15.6. The number of sulfonamides is 1. The van der Waals surface area contributed by atoms with E-state index in [0.717, 1.165) is 17.3 Å². The number of hydrogen-bond acceptors (Lipinski definition) is 7. The zero-order chi connectivity index (χ0) is 23.8. The summed E-state index contributed by atoms with van der Waals surface area (Å²) in [6.45, 7) is 9.75. The van der Waals surface area contributed by atoms with Crippen LogP contribution in [0.2, 0.25) is 0 Å². The standard InChI is InChI=1S/C23H31N7O2S/c1-16(2)23-27-22(15-28(23)5)33(31,32)30-12-10-29(11-13-30)21-14-20(24-18(4)25-21)26-19-8-6-17(3)7-9-19/h6-9,14-16H,10-13H2,1-5H3,(H,24,25,26). The molecule has 0 atom stereocenters. The summed E-state index contributed by atoms with van der Waals surface area (Å²) in [5.74, 6) is 3.07. The van der Waals surface area contributed by atoms with Crippen molar-refractivity contribution < 1.29 is 8.42 Å². The van der Waals surface area contributed by atoms with Crippen molar-refractivity contribution in [1.29, 1.82) is 0 Å². The average Bonchev–Trinajstić information content (AvgIpc) is 3.18. The van der Waals surface area contributed by atoms with Crippen molar-refractivity contribution >= 4 is 27.3 Å². The number of piperazine rings is 1. The number of nitrogens with zero attached hydrogens (tertiary/aromatic N) is 6. The molecule has 1 fully saturated rings. The monoisotopic (exact) mass is 469 g/mol. The molecular weight excluding hydrogens is 438 g/mol. The Kier molecular flexibility index (Phi) is 6.40. The maximum atomic E-state index is 13.1. The minimum atomic E-state index is -3.63. The SMILES string of the molecule is Cc1ccc(Nc2cc(N3CCN(S(=O)(=O)c4cn(C)c(C(C)C)n4)CC3)nc(C)n2)cc1. The lowest BCUT2D eigenvalue weighted by atomic mass is 10.2. The predicted octanol–water partition coefficient (Wildman–Crippen LogP) is 3.20. The van der Waals surface area contributed by atoms with Crippen LogP contribution in [0, 0.1) is 13.8 Å². The van der Waals surface area contributed by atoms with E-state index in [1.165, 1.54) is 9.87 Å². The van der Waals surface area contributed by atoms with Gasteiger partial charge >= 0.3 is 0 Å². The van der Waals surface area contributed by atoms with Gasteiger partial charge in [-0.1, -0.05) is 31.5 Å². The summed E-state index contributed by atoms with van der Waals surface area (Å²) in [4.78, 5) is 15.6. The number of benzene rings is 1. The molecule has 0 aliphatic carbocycles. The van der Waals surface area contributed by atoms with Crippen LogP contribution < -0.4 is 10.2 Å². The van der Waals surface area contributed by atoms with E-state index < -0.39 is 10.0 Å². The van der Waals surface area contributed by atoms with Crippen LogP contribution in [-0.4, -0.2) is 58.4 Å². The third-order valence-corrected chi connectivity index (χ3v) is 7.49. The lowest BCUT2D eigenvalue weighted by Gasteiger charge is -2.34. The van der Waals surface area contributed by atoms with Gasteiger partial charge in [0.05, 0.1) is 0 Å². The first kappa shape index (κ1) is 23.2. The number of aryl methyl sites for hydroxylation is 3. The van der Waals surface area contributed by atoms with E-state index in [-0.39, 0.29) is 10.9 Å². The van der Waals surface area contributed by atoms with Crippen molar-refractivity contribution in [2.24, 2.45) is 7.05 Å². The lowest BCUT2D eigenvalue weighted by Crippen LogP contribution is -2.49. The summed E-state index contributed by atoms with van der Waals surface area (Å²) in [5, 5.41) is 3.44. The van der Waals surface area contributed by atoms with Crippen molar-refractivity contribution in [3.05, 3.63) is 53.7 Å². The van der Waals surface area contributed by atoms with Crippen LogP contribution in [0.4, 0.5) is 17.3 Å². The van der Waals surface area contributed by atoms with Gasteiger partial charge in [-0.15, -0.1) is 0 Å². The summed E-state index contributed by atoms with van der Waals surface area (Å²) >= 11 is 0. The molecule has 0 radical (unpaired) electrons. The Hall–Kier alpha value is -2.98. The molecule has 1 aliphatic heterocycles. The molecule has 3 heterocycles. The normalized spacial score (nSPS) is 15.3. The van der Waals surface area contributed by atoms with Gasteiger partial charge in [0.15, 0.2) is 5.03 Å². The first-order valence-corrected chi connectivity index (χ1v) is 12.6. The van der Waals surface area contributed by atoms with E-state index in [0.29, 0.717) is 37.8 Å². The Morgan fingerprint density at radius 3 is 2.24 bits per heavy atom. The van der Waals surface area contributed by atoms with E-state index in [1.807, 2.05) is 65.1 Å². The van der Waals surface area contributed by atoms with E-state index >= 15 is 0 Å². The number of rotatable bonds is 6. The van der Waals surface area contributed by atoms with Crippen molar-refractivity contribution in [2.45, 2.75) is 38.6 Å². The second-order valence-electron chi connectivity index (χ2n) is 8.74. The van der Waals surface area contributed by atoms with Gasteiger partial charge in [0, 0.05) is 57.1 Å². The van der Waals surface area contributed by atoms with E-state index in [4.69, 9.17) is 0 Å². The van der Waals surface area contributed by atoms with Crippen molar-refractivity contribution in [1.82, 2.24) is 23.8 Å². The molecule has 9 nitrogen and oxygen atoms in total. The van der Waals surface area contributed by atoms with Crippen LogP contribution >= 0.6 is 0 Å². The molecule has 0 amide bonds. The van der Waals surface area contributed by atoms with Crippen LogP contribution in [0.15, 0.2) is 41.6 Å². The van der Waals surface area contributed by atoms with Crippen LogP contribution in [0.25, 0.3) is 0 Å². The van der Waals surface area contributed by atoms with Gasteiger partial charge in [-0.05, 0) is 26.0 Å². The highest BCUT2D eigenvalue weighted by atomic mass is 32.2. The molecule has 1 aliphatic rings. The Morgan fingerprint density at radius 1 is 0.970 bits per heavy atom. The molecule has 0 unspecified atom stereocenters. The van der Waals surface area contributed by atoms with Gasteiger partial charge in [0.2, 0.25) is 0 Å². The fraction of sp³-hybridized carbons (Fsp3) is 0.435. The third-order valence-electron chi connectivity index (χ3n) is 5.72. The Bertz CT molecular complexity index is 1230. The zero-order valence-electron chi connectivity index (χ0n) is 19.8. The second-order valence-corrected chi connectivity index (χ2v) is 10.6. The molecule has 3 aromatic rings. The quantitative estimate of drug-likeness (QED) is 0.592. The molecule has 1 saturated heterocycles. The van der Waals surface area contributed by atoms with E-state index in [1.54, 1.807) is 10.8 Å². The third kappa shape index (κ3) is 5.01. The topological polar surface area (TPSA) is 96.2 Å². The molecule has 4 rings (SSSR count). The summed E-state index contributed by atoms with van der Waals surface area (Å²) in [7, 11) is -1.80. The molecule has 2 aromatic heterocycles. The Labute approximate surface area is 195 Å². The van der Waals surface area contributed by atoms with Gasteiger partial charge in [-0.2, -0.15) is 4.31 Å². The summed E-state index contributed by atoms with van der Waals surface area (Å²) in [5.41, 5.74) is 2.15. The maximum Gasteiger partial charge on any atom is 0.262 e. The molecular formula is C23H31N7O2S.